The van der Waals surface area contributed by atoms with E-state index in [2.05, 4.69) is 0 Å². The van der Waals surface area contributed by atoms with Crippen LogP contribution < -0.4 is 11.5 Å². The Bertz CT molecular complexity index is 813. The van der Waals surface area contributed by atoms with Crippen LogP contribution in [0.5, 0.6) is 0 Å². The predicted molar refractivity (Wildman–Crippen MR) is 77.5 cm³/mol. The molecule has 8 heteroatoms. The number of aromatic carboxylic acids is 1. The zero-order chi connectivity index (χ0) is 15.8. The predicted octanol–water partition coefficient (Wildman–Crippen LogP) is 1.46. The van der Waals surface area contributed by atoms with Gasteiger partial charge in [0.2, 0.25) is 0 Å². The first kappa shape index (κ1) is 14.8. The molecular weight excluding hydrogens is 296 g/mol. The second kappa shape index (κ2) is 5.08. The maximum absolute atomic E-state index is 11.4. The molecule has 0 aromatic heterocycles. The Morgan fingerprint density at radius 3 is 2.05 bits per heavy atom. The molecule has 0 radical (unpaired) electrons. The minimum atomic E-state index is -4.78. The first-order valence-corrected chi connectivity index (χ1v) is 7.15. The van der Waals surface area contributed by atoms with Crippen molar-refractivity contribution in [2.24, 2.45) is 0 Å². The van der Waals surface area contributed by atoms with E-state index in [0.29, 0.717) is 11.3 Å². The van der Waals surface area contributed by atoms with Crippen molar-refractivity contribution in [3.8, 4) is 11.1 Å². The number of hydrogen-bond donors (Lipinski definition) is 4. The fourth-order valence-corrected chi connectivity index (χ4v) is 2.81. The lowest BCUT2D eigenvalue weighted by Crippen LogP contribution is -2.12. The Morgan fingerprint density at radius 1 is 1.00 bits per heavy atom. The van der Waals surface area contributed by atoms with Crippen LogP contribution in [0.1, 0.15) is 10.4 Å². The quantitative estimate of drug-likeness (QED) is 0.496. The van der Waals surface area contributed by atoms with E-state index < -0.39 is 26.5 Å². The van der Waals surface area contributed by atoms with Gasteiger partial charge in [-0.3, -0.25) is 4.55 Å². The van der Waals surface area contributed by atoms with Crippen molar-refractivity contribution in [1.29, 1.82) is 0 Å². The van der Waals surface area contributed by atoms with E-state index in [-0.39, 0.29) is 11.3 Å². The Kier molecular flexibility index (Phi) is 3.58. The van der Waals surface area contributed by atoms with E-state index in [0.717, 1.165) is 0 Å². The standard InChI is InChI=1S/C13H12N2O5S/c14-8-3-1-7(2-4-8)9-5-6-10(15)12(21(18,19)20)11(9)13(16)17/h1-6H,14-15H2,(H,16,17)(H,18,19,20). The highest BCUT2D eigenvalue weighted by Gasteiger charge is 2.27. The number of benzene rings is 2. The summed E-state index contributed by atoms with van der Waals surface area (Å²) < 4.78 is 32.0. The smallest absolute Gasteiger partial charge is 0.337 e. The molecule has 0 heterocycles. The number of carboxylic acids is 1. The normalized spacial score (nSPS) is 11.3. The molecular formula is C13H12N2O5S. The van der Waals surface area contributed by atoms with Crippen LogP contribution in [0.2, 0.25) is 0 Å². The molecule has 0 saturated heterocycles. The molecule has 21 heavy (non-hydrogen) atoms. The summed E-state index contributed by atoms with van der Waals surface area (Å²) in [5.74, 6) is -1.51. The van der Waals surface area contributed by atoms with Gasteiger partial charge in [-0.2, -0.15) is 8.42 Å². The summed E-state index contributed by atoms with van der Waals surface area (Å²) in [7, 11) is -4.78. The highest BCUT2D eigenvalue weighted by Crippen LogP contribution is 2.33. The molecule has 6 N–H and O–H groups in total. The largest absolute Gasteiger partial charge is 0.478 e. The molecule has 0 fully saturated rings. The van der Waals surface area contributed by atoms with Gasteiger partial charge in [0.15, 0.2) is 0 Å². The second-order valence-corrected chi connectivity index (χ2v) is 5.67. The van der Waals surface area contributed by atoms with Gasteiger partial charge in [-0.25, -0.2) is 4.79 Å². The summed E-state index contributed by atoms with van der Waals surface area (Å²) in [5.41, 5.74) is 11.2. The van der Waals surface area contributed by atoms with Gasteiger partial charge in [0.05, 0.1) is 11.3 Å². The van der Waals surface area contributed by atoms with Gasteiger partial charge in [-0.05, 0) is 29.3 Å². The molecule has 0 aliphatic carbocycles. The third-order valence-corrected chi connectivity index (χ3v) is 3.84. The maximum Gasteiger partial charge on any atom is 0.337 e. The van der Waals surface area contributed by atoms with Gasteiger partial charge in [0, 0.05) is 5.69 Å². The molecule has 0 amide bonds. The number of carboxylic acid groups (broad SMARTS) is 1. The average molecular weight is 308 g/mol. The van der Waals surface area contributed by atoms with Crippen molar-refractivity contribution in [3.63, 3.8) is 0 Å². The molecule has 0 unspecified atom stereocenters. The monoisotopic (exact) mass is 308 g/mol. The number of carbonyl (C=O) groups is 1. The molecule has 0 bridgehead atoms. The third-order valence-electron chi connectivity index (χ3n) is 2.88. The summed E-state index contributed by atoms with van der Waals surface area (Å²) in [4.78, 5) is 10.6. The Balaban J connectivity index is 2.85. The van der Waals surface area contributed by atoms with E-state index in [4.69, 9.17) is 11.5 Å². The first-order chi connectivity index (χ1) is 9.71. The van der Waals surface area contributed by atoms with Gasteiger partial charge < -0.3 is 16.6 Å². The third kappa shape index (κ3) is 2.81. The molecule has 0 aliphatic heterocycles. The highest BCUT2D eigenvalue weighted by molar-refractivity contribution is 7.86. The van der Waals surface area contributed by atoms with E-state index in [1.807, 2.05) is 0 Å². The number of nitrogen functional groups attached to an aromatic ring is 2. The molecule has 2 rings (SSSR count). The lowest BCUT2D eigenvalue weighted by atomic mass is 9.98. The average Bonchev–Trinajstić information content (AvgIpc) is 2.38. The summed E-state index contributed by atoms with van der Waals surface area (Å²) in [6.07, 6.45) is 0. The van der Waals surface area contributed by atoms with Crippen LogP contribution in [0.4, 0.5) is 11.4 Å². The zero-order valence-corrected chi connectivity index (χ0v) is 11.5. The minimum absolute atomic E-state index is 0.115. The van der Waals surface area contributed by atoms with Gasteiger partial charge in [-0.15, -0.1) is 0 Å². The summed E-state index contributed by atoms with van der Waals surface area (Å²) in [6.45, 7) is 0. The summed E-state index contributed by atoms with van der Waals surface area (Å²) >= 11 is 0. The van der Waals surface area contributed by atoms with Gasteiger partial charge in [-0.1, -0.05) is 18.2 Å². The fraction of sp³-hybridized carbons (Fsp3) is 0. The van der Waals surface area contributed by atoms with Gasteiger partial charge >= 0.3 is 5.97 Å². The number of anilines is 2. The van der Waals surface area contributed by atoms with Crippen LogP contribution in [-0.2, 0) is 10.1 Å². The van der Waals surface area contributed by atoms with E-state index in [9.17, 15) is 22.9 Å². The lowest BCUT2D eigenvalue weighted by molar-refractivity contribution is 0.0693. The first-order valence-electron chi connectivity index (χ1n) is 5.71. The molecule has 0 saturated carbocycles. The van der Waals surface area contributed by atoms with Gasteiger partial charge in [0.25, 0.3) is 10.1 Å². The van der Waals surface area contributed by atoms with Crippen LogP contribution in [-0.4, -0.2) is 24.0 Å². The van der Waals surface area contributed by atoms with E-state index in [1.165, 1.54) is 12.1 Å². The topological polar surface area (TPSA) is 144 Å². The number of hydrogen-bond acceptors (Lipinski definition) is 5. The molecule has 0 spiro atoms. The van der Waals surface area contributed by atoms with Crippen LogP contribution in [0.3, 0.4) is 0 Å². The number of rotatable bonds is 3. The summed E-state index contributed by atoms with van der Waals surface area (Å²) in [5, 5.41) is 9.29. The van der Waals surface area contributed by atoms with Crippen molar-refractivity contribution in [2.45, 2.75) is 4.90 Å². The van der Waals surface area contributed by atoms with Crippen molar-refractivity contribution in [2.75, 3.05) is 11.5 Å². The molecule has 2 aromatic carbocycles. The molecule has 7 nitrogen and oxygen atoms in total. The summed E-state index contributed by atoms with van der Waals surface area (Å²) in [6, 6.07) is 8.78. The highest BCUT2D eigenvalue weighted by atomic mass is 32.2. The van der Waals surface area contributed by atoms with Crippen molar-refractivity contribution in [3.05, 3.63) is 42.0 Å². The van der Waals surface area contributed by atoms with Gasteiger partial charge in [0.1, 0.15) is 4.90 Å². The van der Waals surface area contributed by atoms with Crippen molar-refractivity contribution >= 4 is 27.5 Å². The molecule has 2 aromatic rings. The molecule has 0 aliphatic rings. The molecule has 110 valence electrons. The Hall–Kier alpha value is -2.58. The van der Waals surface area contributed by atoms with E-state index in [1.54, 1.807) is 24.3 Å². The second-order valence-electron chi connectivity index (χ2n) is 4.31. The Morgan fingerprint density at radius 2 is 1.57 bits per heavy atom. The van der Waals surface area contributed by atoms with E-state index >= 15 is 0 Å². The van der Waals surface area contributed by atoms with Crippen LogP contribution in [0.15, 0.2) is 41.3 Å². The number of nitrogens with two attached hydrogens (primary N) is 2. The van der Waals surface area contributed by atoms with Crippen molar-refractivity contribution in [1.82, 2.24) is 0 Å². The lowest BCUT2D eigenvalue weighted by Gasteiger charge is -2.12. The Labute approximate surface area is 120 Å². The zero-order valence-electron chi connectivity index (χ0n) is 10.6. The minimum Gasteiger partial charge on any atom is -0.478 e. The maximum atomic E-state index is 11.4. The van der Waals surface area contributed by atoms with Crippen LogP contribution in [0, 0.1) is 0 Å². The van der Waals surface area contributed by atoms with Crippen LogP contribution >= 0.6 is 0 Å². The van der Waals surface area contributed by atoms with Crippen LogP contribution in [0.25, 0.3) is 11.1 Å². The SMILES string of the molecule is Nc1ccc(-c2ccc(N)c(S(=O)(=O)O)c2C(=O)O)cc1. The molecule has 0 atom stereocenters. The van der Waals surface area contributed by atoms with Crippen molar-refractivity contribution < 1.29 is 22.9 Å². The fourth-order valence-electron chi connectivity index (χ4n) is 1.99.